The molecule has 154 valence electrons. The van der Waals surface area contributed by atoms with Gasteiger partial charge >= 0.3 is 0 Å². The average molecular weight is 411 g/mol. The van der Waals surface area contributed by atoms with Crippen LogP contribution in [0.4, 0.5) is 8.78 Å². The Balaban J connectivity index is 1.44. The maximum absolute atomic E-state index is 14.6. The van der Waals surface area contributed by atoms with Crippen LogP contribution in [0.1, 0.15) is 41.3 Å². The van der Waals surface area contributed by atoms with Crippen molar-refractivity contribution in [2.24, 2.45) is 0 Å². The second-order valence-electron chi connectivity index (χ2n) is 7.68. The standard InChI is InChI=1S/C28H23F2N/c1-2-3-22-8-15-27(31-19-22)14-7-21-5-10-23(28(30)17-21)9-4-20-6-11-25-18-26(29)13-12-24(25)16-20/h5-6,8,10-13,15-19H,2-3,7,14H2,1H3. The number of hydrogen-bond acceptors (Lipinski definition) is 1. The Kier molecular flexibility index (Phi) is 6.38. The Bertz CT molecular complexity index is 1260. The lowest BCUT2D eigenvalue weighted by Gasteiger charge is -2.04. The van der Waals surface area contributed by atoms with Crippen molar-refractivity contribution in [1.29, 1.82) is 0 Å². The van der Waals surface area contributed by atoms with Crippen molar-refractivity contribution in [1.82, 2.24) is 4.98 Å². The molecular weight excluding hydrogens is 388 g/mol. The third kappa shape index (κ3) is 5.35. The van der Waals surface area contributed by atoms with Gasteiger partial charge in [-0.2, -0.15) is 0 Å². The van der Waals surface area contributed by atoms with Crippen LogP contribution in [0, 0.1) is 23.5 Å². The van der Waals surface area contributed by atoms with E-state index in [2.05, 4.69) is 35.9 Å². The number of aromatic nitrogens is 1. The fraction of sp³-hybridized carbons (Fsp3) is 0.179. The van der Waals surface area contributed by atoms with E-state index in [0.29, 0.717) is 5.56 Å². The number of nitrogens with zero attached hydrogens (tertiary/aromatic N) is 1. The van der Waals surface area contributed by atoms with E-state index in [9.17, 15) is 8.78 Å². The van der Waals surface area contributed by atoms with Gasteiger partial charge in [0.15, 0.2) is 0 Å². The summed E-state index contributed by atoms with van der Waals surface area (Å²) in [4.78, 5) is 4.50. The lowest BCUT2D eigenvalue weighted by molar-refractivity contribution is 0.621. The Hall–Kier alpha value is -3.51. The van der Waals surface area contributed by atoms with Crippen LogP contribution in [-0.4, -0.2) is 4.98 Å². The molecule has 0 spiro atoms. The van der Waals surface area contributed by atoms with E-state index in [1.54, 1.807) is 18.2 Å². The molecule has 1 aromatic heterocycles. The highest BCUT2D eigenvalue weighted by Crippen LogP contribution is 2.18. The number of pyridine rings is 1. The molecule has 4 rings (SSSR count). The Morgan fingerprint density at radius 1 is 0.742 bits per heavy atom. The van der Waals surface area contributed by atoms with Gasteiger partial charge < -0.3 is 0 Å². The van der Waals surface area contributed by atoms with Gasteiger partial charge in [-0.25, -0.2) is 8.78 Å². The molecule has 3 heteroatoms. The van der Waals surface area contributed by atoms with Crippen LogP contribution >= 0.6 is 0 Å². The maximum atomic E-state index is 14.6. The molecule has 1 nitrogen and oxygen atoms in total. The highest BCUT2D eigenvalue weighted by Gasteiger charge is 2.04. The first-order valence-electron chi connectivity index (χ1n) is 10.5. The summed E-state index contributed by atoms with van der Waals surface area (Å²) < 4.78 is 27.9. The highest BCUT2D eigenvalue weighted by atomic mass is 19.1. The summed E-state index contributed by atoms with van der Waals surface area (Å²) in [6, 6.07) is 19.5. The number of halogens is 2. The summed E-state index contributed by atoms with van der Waals surface area (Å²) in [5.74, 6) is 5.33. The predicted octanol–water partition coefficient (Wildman–Crippen LogP) is 6.65. The minimum Gasteiger partial charge on any atom is -0.261 e. The van der Waals surface area contributed by atoms with E-state index in [0.717, 1.165) is 53.3 Å². The first kappa shape index (κ1) is 20.8. The van der Waals surface area contributed by atoms with E-state index < -0.39 is 0 Å². The Morgan fingerprint density at radius 3 is 2.32 bits per heavy atom. The average Bonchev–Trinajstić information content (AvgIpc) is 2.78. The van der Waals surface area contributed by atoms with E-state index in [4.69, 9.17) is 0 Å². The molecular formula is C28H23F2N. The molecule has 3 aromatic carbocycles. The zero-order chi connectivity index (χ0) is 21.6. The number of aryl methyl sites for hydroxylation is 3. The first-order chi connectivity index (χ1) is 15.1. The van der Waals surface area contributed by atoms with Crippen LogP contribution in [0.15, 0.2) is 72.9 Å². The molecule has 0 atom stereocenters. The van der Waals surface area contributed by atoms with Crippen molar-refractivity contribution in [3.63, 3.8) is 0 Å². The van der Waals surface area contributed by atoms with Crippen molar-refractivity contribution in [2.75, 3.05) is 0 Å². The fourth-order valence-corrected chi connectivity index (χ4v) is 3.56. The van der Waals surface area contributed by atoms with E-state index in [1.807, 2.05) is 30.5 Å². The van der Waals surface area contributed by atoms with E-state index >= 15 is 0 Å². The van der Waals surface area contributed by atoms with Crippen molar-refractivity contribution >= 4 is 10.8 Å². The number of benzene rings is 3. The van der Waals surface area contributed by atoms with Crippen LogP contribution in [0.2, 0.25) is 0 Å². The first-order valence-corrected chi connectivity index (χ1v) is 10.5. The number of fused-ring (bicyclic) bond motifs is 1. The summed E-state index contributed by atoms with van der Waals surface area (Å²) in [6.07, 6.45) is 5.58. The zero-order valence-corrected chi connectivity index (χ0v) is 17.5. The molecule has 0 amide bonds. The lowest BCUT2D eigenvalue weighted by Crippen LogP contribution is -1.97. The molecule has 0 saturated heterocycles. The van der Waals surface area contributed by atoms with Gasteiger partial charge in [0, 0.05) is 17.5 Å². The Morgan fingerprint density at radius 2 is 1.55 bits per heavy atom. The van der Waals surface area contributed by atoms with E-state index in [-0.39, 0.29) is 11.6 Å². The van der Waals surface area contributed by atoms with Crippen molar-refractivity contribution in [3.8, 4) is 11.8 Å². The molecule has 0 N–H and O–H groups in total. The molecule has 0 bridgehead atoms. The van der Waals surface area contributed by atoms with Crippen LogP contribution < -0.4 is 0 Å². The molecule has 0 aliphatic carbocycles. The lowest BCUT2D eigenvalue weighted by atomic mass is 10.0. The zero-order valence-electron chi connectivity index (χ0n) is 17.5. The van der Waals surface area contributed by atoms with Gasteiger partial charge in [-0.05, 0) is 83.6 Å². The summed E-state index contributed by atoms with van der Waals surface area (Å²) in [7, 11) is 0. The number of hydrogen-bond donors (Lipinski definition) is 0. The Labute approximate surface area is 181 Å². The normalized spacial score (nSPS) is 10.7. The molecule has 0 fully saturated rings. The van der Waals surface area contributed by atoms with Crippen LogP contribution in [0.3, 0.4) is 0 Å². The molecule has 0 aliphatic rings. The minimum absolute atomic E-state index is 0.266. The molecule has 0 unspecified atom stereocenters. The van der Waals surface area contributed by atoms with Gasteiger partial charge in [0.2, 0.25) is 0 Å². The number of rotatable bonds is 5. The van der Waals surface area contributed by atoms with Crippen LogP contribution in [0.5, 0.6) is 0 Å². The monoisotopic (exact) mass is 411 g/mol. The van der Waals surface area contributed by atoms with Gasteiger partial charge in [-0.1, -0.05) is 49.5 Å². The third-order valence-electron chi connectivity index (χ3n) is 5.27. The highest BCUT2D eigenvalue weighted by molar-refractivity contribution is 5.84. The summed E-state index contributed by atoms with van der Waals surface area (Å²) >= 11 is 0. The molecule has 0 aliphatic heterocycles. The van der Waals surface area contributed by atoms with Gasteiger partial charge in [0.05, 0.1) is 5.56 Å². The van der Waals surface area contributed by atoms with Gasteiger partial charge in [-0.3, -0.25) is 4.98 Å². The summed E-state index contributed by atoms with van der Waals surface area (Å²) in [5, 5.41) is 1.72. The summed E-state index contributed by atoms with van der Waals surface area (Å²) in [5.41, 5.74) is 4.32. The van der Waals surface area contributed by atoms with Crippen LogP contribution in [-0.2, 0) is 19.3 Å². The molecule has 31 heavy (non-hydrogen) atoms. The van der Waals surface area contributed by atoms with Crippen LogP contribution in [0.25, 0.3) is 10.8 Å². The molecule has 4 aromatic rings. The largest absolute Gasteiger partial charge is 0.261 e. The predicted molar refractivity (Wildman–Crippen MR) is 122 cm³/mol. The fourth-order valence-electron chi connectivity index (χ4n) is 3.56. The van der Waals surface area contributed by atoms with Gasteiger partial charge in [-0.15, -0.1) is 0 Å². The van der Waals surface area contributed by atoms with Crippen molar-refractivity contribution < 1.29 is 8.78 Å². The third-order valence-corrected chi connectivity index (χ3v) is 5.27. The second-order valence-corrected chi connectivity index (χ2v) is 7.68. The summed E-state index contributed by atoms with van der Waals surface area (Å²) in [6.45, 7) is 2.15. The topological polar surface area (TPSA) is 12.9 Å². The second kappa shape index (κ2) is 9.53. The van der Waals surface area contributed by atoms with Crippen molar-refractivity contribution in [3.05, 3.63) is 113 Å². The quantitative estimate of drug-likeness (QED) is 0.335. The molecule has 0 radical (unpaired) electrons. The SMILES string of the molecule is CCCc1ccc(CCc2ccc(C#Cc3ccc4cc(F)ccc4c3)c(F)c2)nc1. The minimum atomic E-state index is -0.320. The molecule has 0 saturated carbocycles. The molecule has 1 heterocycles. The maximum Gasteiger partial charge on any atom is 0.139 e. The van der Waals surface area contributed by atoms with Gasteiger partial charge in [0.1, 0.15) is 11.6 Å². The van der Waals surface area contributed by atoms with Crippen molar-refractivity contribution in [2.45, 2.75) is 32.6 Å². The van der Waals surface area contributed by atoms with Gasteiger partial charge in [0.25, 0.3) is 0 Å². The van der Waals surface area contributed by atoms with E-state index in [1.165, 1.54) is 17.7 Å². The smallest absolute Gasteiger partial charge is 0.139 e.